The predicted octanol–water partition coefficient (Wildman–Crippen LogP) is 4.66. The van der Waals surface area contributed by atoms with Gasteiger partial charge in [-0.05, 0) is 36.9 Å². The Morgan fingerprint density at radius 3 is 2.52 bits per heavy atom. The van der Waals surface area contributed by atoms with Crippen molar-refractivity contribution >= 4 is 22.2 Å². The van der Waals surface area contributed by atoms with Crippen molar-refractivity contribution in [3.05, 3.63) is 77.1 Å². The van der Waals surface area contributed by atoms with Gasteiger partial charge < -0.3 is 5.32 Å². The van der Waals surface area contributed by atoms with Crippen molar-refractivity contribution in [2.75, 3.05) is 12.4 Å². The van der Waals surface area contributed by atoms with Crippen molar-refractivity contribution in [3.63, 3.8) is 0 Å². The highest BCUT2D eigenvalue weighted by Crippen LogP contribution is 2.21. The van der Waals surface area contributed by atoms with Crippen LogP contribution in [0.25, 0.3) is 0 Å². The van der Waals surface area contributed by atoms with E-state index in [1.807, 2.05) is 49.5 Å². The normalized spacial score (nSPS) is 10.9. The van der Waals surface area contributed by atoms with Gasteiger partial charge in [-0.3, -0.25) is 4.90 Å². The molecular formula is C18H18FN3S. The zero-order valence-corrected chi connectivity index (χ0v) is 13.7. The fourth-order valence-corrected chi connectivity index (χ4v) is 3.04. The quantitative estimate of drug-likeness (QED) is 0.714. The minimum Gasteiger partial charge on any atom is -0.332 e. The molecule has 0 saturated carbocycles. The molecule has 0 saturated heterocycles. The second kappa shape index (κ2) is 7.35. The number of nitrogens with zero attached hydrogens (tertiary/aromatic N) is 2. The molecule has 0 bridgehead atoms. The fraction of sp³-hybridized carbons (Fsp3) is 0.167. The molecule has 0 radical (unpaired) electrons. The molecule has 0 amide bonds. The molecule has 3 aromatic rings. The maximum absolute atomic E-state index is 12.9. The van der Waals surface area contributed by atoms with Gasteiger partial charge in [0.15, 0.2) is 5.13 Å². The summed E-state index contributed by atoms with van der Waals surface area (Å²) in [4.78, 5) is 6.77. The molecule has 0 unspecified atom stereocenters. The molecule has 1 N–H and O–H groups in total. The van der Waals surface area contributed by atoms with Crippen LogP contribution in [0.3, 0.4) is 0 Å². The van der Waals surface area contributed by atoms with Crippen LogP contribution in [0.2, 0.25) is 0 Å². The SMILES string of the molecule is CN(Cc1ccc(F)cc1)Cc1csc(Nc2ccccc2)n1. The van der Waals surface area contributed by atoms with Crippen LogP contribution in [0.4, 0.5) is 15.2 Å². The Labute approximate surface area is 139 Å². The van der Waals surface area contributed by atoms with E-state index in [-0.39, 0.29) is 5.82 Å². The first-order chi connectivity index (χ1) is 11.2. The minimum absolute atomic E-state index is 0.201. The lowest BCUT2D eigenvalue weighted by Gasteiger charge is -2.15. The van der Waals surface area contributed by atoms with E-state index in [1.165, 1.54) is 12.1 Å². The number of hydrogen-bond donors (Lipinski definition) is 1. The molecule has 23 heavy (non-hydrogen) atoms. The summed E-state index contributed by atoms with van der Waals surface area (Å²) < 4.78 is 12.9. The van der Waals surface area contributed by atoms with Crippen molar-refractivity contribution < 1.29 is 4.39 Å². The van der Waals surface area contributed by atoms with Crippen LogP contribution in [-0.2, 0) is 13.1 Å². The van der Waals surface area contributed by atoms with Crippen LogP contribution >= 0.6 is 11.3 Å². The third-order valence-corrected chi connectivity index (χ3v) is 4.18. The van der Waals surface area contributed by atoms with Gasteiger partial charge >= 0.3 is 0 Å². The van der Waals surface area contributed by atoms with Crippen LogP contribution < -0.4 is 5.32 Å². The van der Waals surface area contributed by atoms with E-state index in [2.05, 4.69) is 20.6 Å². The van der Waals surface area contributed by atoms with Crippen LogP contribution in [0, 0.1) is 5.82 Å². The van der Waals surface area contributed by atoms with Gasteiger partial charge in [0.25, 0.3) is 0 Å². The molecule has 1 aromatic heterocycles. The van der Waals surface area contributed by atoms with Gasteiger partial charge in [-0.25, -0.2) is 9.37 Å². The van der Waals surface area contributed by atoms with Crippen molar-refractivity contribution in [1.82, 2.24) is 9.88 Å². The number of halogens is 1. The average Bonchev–Trinajstić information content (AvgIpc) is 2.97. The van der Waals surface area contributed by atoms with Crippen LogP contribution in [0.5, 0.6) is 0 Å². The zero-order chi connectivity index (χ0) is 16.1. The summed E-state index contributed by atoms with van der Waals surface area (Å²) in [5.41, 5.74) is 3.15. The second-order valence-electron chi connectivity index (χ2n) is 5.43. The highest BCUT2D eigenvalue weighted by molar-refractivity contribution is 7.13. The molecule has 0 spiro atoms. The van der Waals surface area contributed by atoms with E-state index in [1.54, 1.807) is 11.3 Å². The van der Waals surface area contributed by atoms with Gasteiger partial charge in [0.05, 0.1) is 5.69 Å². The molecule has 0 atom stereocenters. The lowest BCUT2D eigenvalue weighted by atomic mass is 10.2. The maximum atomic E-state index is 12.9. The first-order valence-electron chi connectivity index (χ1n) is 7.38. The minimum atomic E-state index is -0.201. The molecule has 0 fully saturated rings. The average molecular weight is 327 g/mol. The number of nitrogens with one attached hydrogen (secondary N) is 1. The number of rotatable bonds is 6. The number of anilines is 2. The summed E-state index contributed by atoms with van der Waals surface area (Å²) in [5.74, 6) is -0.201. The Kier molecular flexibility index (Phi) is 5.00. The maximum Gasteiger partial charge on any atom is 0.187 e. The summed E-state index contributed by atoms with van der Waals surface area (Å²) in [6.07, 6.45) is 0. The van der Waals surface area contributed by atoms with Crippen LogP contribution in [-0.4, -0.2) is 16.9 Å². The summed E-state index contributed by atoms with van der Waals surface area (Å²) in [6.45, 7) is 1.52. The third-order valence-electron chi connectivity index (χ3n) is 3.37. The van der Waals surface area contributed by atoms with Crippen molar-refractivity contribution in [1.29, 1.82) is 0 Å². The van der Waals surface area contributed by atoms with Gasteiger partial charge in [0.2, 0.25) is 0 Å². The Balaban J connectivity index is 1.56. The van der Waals surface area contributed by atoms with E-state index in [4.69, 9.17) is 0 Å². The molecule has 5 heteroatoms. The molecular weight excluding hydrogens is 309 g/mol. The highest BCUT2D eigenvalue weighted by atomic mass is 32.1. The number of benzene rings is 2. The van der Waals surface area contributed by atoms with Crippen molar-refractivity contribution in [2.24, 2.45) is 0 Å². The number of thiazole rings is 1. The number of hydrogen-bond acceptors (Lipinski definition) is 4. The summed E-state index contributed by atoms with van der Waals surface area (Å²) >= 11 is 1.60. The Morgan fingerprint density at radius 1 is 1.04 bits per heavy atom. The topological polar surface area (TPSA) is 28.2 Å². The lowest BCUT2D eigenvalue weighted by molar-refractivity contribution is 0.316. The summed E-state index contributed by atoms with van der Waals surface area (Å²) in [7, 11) is 2.03. The van der Waals surface area contributed by atoms with Crippen LogP contribution in [0.1, 0.15) is 11.3 Å². The predicted molar refractivity (Wildman–Crippen MR) is 93.4 cm³/mol. The fourth-order valence-electron chi connectivity index (χ4n) is 2.32. The standard InChI is InChI=1S/C18H18FN3S/c1-22(11-14-7-9-15(19)10-8-14)12-17-13-23-18(21-17)20-16-5-3-2-4-6-16/h2-10,13H,11-12H2,1H3,(H,20,21). The molecule has 3 rings (SSSR count). The summed E-state index contributed by atoms with van der Waals surface area (Å²) in [6, 6.07) is 16.6. The van der Waals surface area contributed by atoms with E-state index in [0.717, 1.165) is 35.2 Å². The van der Waals surface area contributed by atoms with Crippen LogP contribution in [0.15, 0.2) is 60.0 Å². The second-order valence-corrected chi connectivity index (χ2v) is 6.29. The molecule has 0 aliphatic rings. The first-order valence-corrected chi connectivity index (χ1v) is 8.26. The molecule has 2 aromatic carbocycles. The van der Waals surface area contributed by atoms with E-state index in [0.29, 0.717) is 0 Å². The smallest absolute Gasteiger partial charge is 0.187 e. The Morgan fingerprint density at radius 2 is 1.78 bits per heavy atom. The number of aromatic nitrogens is 1. The van der Waals surface area contributed by atoms with Gasteiger partial charge in [0, 0.05) is 24.2 Å². The number of para-hydroxylation sites is 1. The largest absolute Gasteiger partial charge is 0.332 e. The molecule has 3 nitrogen and oxygen atoms in total. The van der Waals surface area contributed by atoms with Crippen molar-refractivity contribution in [3.8, 4) is 0 Å². The molecule has 0 aliphatic carbocycles. The van der Waals surface area contributed by atoms with E-state index >= 15 is 0 Å². The molecule has 1 heterocycles. The van der Waals surface area contributed by atoms with Crippen molar-refractivity contribution in [2.45, 2.75) is 13.1 Å². The van der Waals surface area contributed by atoms with E-state index < -0.39 is 0 Å². The van der Waals surface area contributed by atoms with Gasteiger partial charge in [-0.2, -0.15) is 0 Å². The monoisotopic (exact) mass is 327 g/mol. The third kappa shape index (κ3) is 4.61. The Bertz CT molecular complexity index is 740. The van der Waals surface area contributed by atoms with Gasteiger partial charge in [-0.15, -0.1) is 11.3 Å². The summed E-state index contributed by atoms with van der Waals surface area (Å²) in [5, 5.41) is 6.25. The highest BCUT2D eigenvalue weighted by Gasteiger charge is 2.06. The van der Waals surface area contributed by atoms with Gasteiger partial charge in [-0.1, -0.05) is 30.3 Å². The lowest BCUT2D eigenvalue weighted by Crippen LogP contribution is -2.17. The molecule has 0 aliphatic heterocycles. The zero-order valence-electron chi connectivity index (χ0n) is 12.9. The first kappa shape index (κ1) is 15.6. The van der Waals surface area contributed by atoms with Gasteiger partial charge in [0.1, 0.15) is 5.82 Å². The Hall–Kier alpha value is -2.24. The van der Waals surface area contributed by atoms with E-state index in [9.17, 15) is 4.39 Å². The molecule has 118 valence electrons.